The summed E-state index contributed by atoms with van der Waals surface area (Å²) >= 11 is 0. The quantitative estimate of drug-likeness (QED) is 0.306. The van der Waals surface area contributed by atoms with E-state index in [0.29, 0.717) is 17.7 Å². The monoisotopic (exact) mass is 139 g/mol. The van der Waals surface area contributed by atoms with Crippen LogP contribution in [-0.2, 0) is 0 Å². The highest BCUT2D eigenvalue weighted by Crippen LogP contribution is 2.03. The first-order chi connectivity index (χ1) is 4.59. The summed E-state index contributed by atoms with van der Waals surface area (Å²) in [7, 11) is 0. The molecule has 3 heteroatoms. The molecule has 0 radical (unpaired) electrons. The fourth-order valence-electron chi connectivity index (χ4n) is 0.628. The first-order valence-electron chi connectivity index (χ1n) is 3.00. The number of nitrogens with one attached hydrogen (secondary N) is 1. The molecule has 0 aliphatic heterocycles. The van der Waals surface area contributed by atoms with Crippen molar-refractivity contribution in [3.63, 3.8) is 0 Å². The molecule has 0 amide bonds. The lowest BCUT2D eigenvalue weighted by Gasteiger charge is -2.03. The first kappa shape index (κ1) is 8.75. The van der Waals surface area contributed by atoms with E-state index in [0.717, 1.165) is 0 Å². The minimum Gasteiger partial charge on any atom is -0.402 e. The molecule has 56 valence electrons. The molecule has 0 rings (SSSR count). The molecule has 0 aromatic heterocycles. The molecule has 10 heavy (non-hydrogen) atoms. The van der Waals surface area contributed by atoms with Gasteiger partial charge in [-0.25, -0.2) is 0 Å². The predicted molar refractivity (Wildman–Crippen MR) is 43.6 cm³/mol. The SMILES string of the molecule is C=CC/C(C(=N)N)=C(\C)N. The van der Waals surface area contributed by atoms with E-state index in [9.17, 15) is 0 Å². The normalized spacial score (nSPS) is 12.1. The van der Waals surface area contributed by atoms with Crippen molar-refractivity contribution in [3.05, 3.63) is 23.9 Å². The van der Waals surface area contributed by atoms with E-state index in [1.165, 1.54) is 0 Å². The highest BCUT2D eigenvalue weighted by Gasteiger charge is 1.99. The molecule has 0 fully saturated rings. The van der Waals surface area contributed by atoms with Crippen LogP contribution in [-0.4, -0.2) is 5.84 Å². The number of nitrogens with two attached hydrogens (primary N) is 2. The summed E-state index contributed by atoms with van der Waals surface area (Å²) in [5, 5.41) is 7.08. The van der Waals surface area contributed by atoms with Crippen LogP contribution in [0.2, 0.25) is 0 Å². The second-order valence-electron chi connectivity index (χ2n) is 2.07. The Morgan fingerprint density at radius 2 is 2.10 bits per heavy atom. The summed E-state index contributed by atoms with van der Waals surface area (Å²) in [5.74, 6) is 0.0277. The second-order valence-corrected chi connectivity index (χ2v) is 2.07. The third-order valence-electron chi connectivity index (χ3n) is 1.15. The molecule has 3 nitrogen and oxygen atoms in total. The van der Waals surface area contributed by atoms with Crippen molar-refractivity contribution in [2.24, 2.45) is 11.5 Å². The van der Waals surface area contributed by atoms with Crippen LogP contribution in [0.1, 0.15) is 13.3 Å². The minimum absolute atomic E-state index is 0.0277. The Balaban J connectivity index is 4.42. The van der Waals surface area contributed by atoms with E-state index in [4.69, 9.17) is 16.9 Å². The summed E-state index contributed by atoms with van der Waals surface area (Å²) in [6.45, 7) is 5.25. The number of rotatable bonds is 3. The summed E-state index contributed by atoms with van der Waals surface area (Å²) in [6, 6.07) is 0. The van der Waals surface area contributed by atoms with Crippen LogP contribution < -0.4 is 11.5 Å². The molecule has 0 bridgehead atoms. The van der Waals surface area contributed by atoms with Gasteiger partial charge in [0.25, 0.3) is 0 Å². The van der Waals surface area contributed by atoms with Gasteiger partial charge in [-0.3, -0.25) is 5.41 Å². The van der Waals surface area contributed by atoms with Gasteiger partial charge in [0.1, 0.15) is 5.84 Å². The van der Waals surface area contributed by atoms with Crippen molar-refractivity contribution in [2.75, 3.05) is 0 Å². The Labute approximate surface area is 60.9 Å². The Bertz CT molecular complexity index is 175. The topological polar surface area (TPSA) is 75.9 Å². The summed E-state index contributed by atoms with van der Waals surface area (Å²) < 4.78 is 0. The first-order valence-corrected chi connectivity index (χ1v) is 3.00. The lowest BCUT2D eigenvalue weighted by atomic mass is 10.1. The summed E-state index contributed by atoms with van der Waals surface area (Å²) in [4.78, 5) is 0. The van der Waals surface area contributed by atoms with Crippen LogP contribution in [0.15, 0.2) is 23.9 Å². The fraction of sp³-hybridized carbons (Fsp3) is 0.286. The molecule has 0 heterocycles. The molecule has 0 aromatic carbocycles. The van der Waals surface area contributed by atoms with Gasteiger partial charge in [-0.2, -0.15) is 0 Å². The number of allylic oxidation sites excluding steroid dienone is 2. The molecule has 0 saturated carbocycles. The molecular weight excluding hydrogens is 126 g/mol. The van der Waals surface area contributed by atoms with Gasteiger partial charge in [-0.15, -0.1) is 6.58 Å². The second kappa shape index (κ2) is 3.71. The van der Waals surface area contributed by atoms with Gasteiger partial charge in [-0.05, 0) is 13.3 Å². The third-order valence-corrected chi connectivity index (χ3v) is 1.15. The maximum atomic E-state index is 7.08. The maximum Gasteiger partial charge on any atom is 0.120 e. The highest BCUT2D eigenvalue weighted by atomic mass is 14.7. The van der Waals surface area contributed by atoms with E-state index in [2.05, 4.69) is 6.58 Å². The number of hydrogen-bond donors (Lipinski definition) is 3. The summed E-state index contributed by atoms with van der Waals surface area (Å²) in [5.41, 5.74) is 11.9. The molecule has 0 spiro atoms. The van der Waals surface area contributed by atoms with Crippen molar-refractivity contribution < 1.29 is 0 Å². The zero-order valence-electron chi connectivity index (χ0n) is 6.15. The van der Waals surface area contributed by atoms with Crippen LogP contribution in [0.5, 0.6) is 0 Å². The fourth-order valence-corrected chi connectivity index (χ4v) is 0.628. The van der Waals surface area contributed by atoms with Gasteiger partial charge in [0.2, 0.25) is 0 Å². The van der Waals surface area contributed by atoms with Gasteiger partial charge >= 0.3 is 0 Å². The standard InChI is InChI=1S/C7H13N3/c1-3-4-6(5(2)8)7(9)10/h3H,1,4,8H2,2H3,(H3,9,10)/b6-5-. The van der Waals surface area contributed by atoms with E-state index in [1.807, 2.05) is 0 Å². The molecule has 0 unspecified atom stereocenters. The Kier molecular flexibility index (Phi) is 3.25. The van der Waals surface area contributed by atoms with Crippen LogP contribution >= 0.6 is 0 Å². The third kappa shape index (κ3) is 2.35. The van der Waals surface area contributed by atoms with Crippen molar-refractivity contribution >= 4 is 5.84 Å². The lowest BCUT2D eigenvalue weighted by Crippen LogP contribution is -2.16. The van der Waals surface area contributed by atoms with Crippen molar-refractivity contribution in [1.82, 2.24) is 0 Å². The van der Waals surface area contributed by atoms with Crippen molar-refractivity contribution in [3.8, 4) is 0 Å². The van der Waals surface area contributed by atoms with Crippen molar-refractivity contribution in [2.45, 2.75) is 13.3 Å². The zero-order valence-corrected chi connectivity index (χ0v) is 6.15. The smallest absolute Gasteiger partial charge is 0.120 e. The average Bonchev–Trinajstić information content (AvgIpc) is 1.81. The molecule has 0 atom stereocenters. The minimum atomic E-state index is 0.0277. The van der Waals surface area contributed by atoms with E-state index in [1.54, 1.807) is 13.0 Å². The highest BCUT2D eigenvalue weighted by molar-refractivity contribution is 5.95. The Hall–Kier alpha value is -1.25. The van der Waals surface area contributed by atoms with Gasteiger partial charge < -0.3 is 11.5 Å². The molecule has 0 aliphatic carbocycles. The molecular formula is C7H13N3. The maximum absolute atomic E-state index is 7.08. The Morgan fingerprint density at radius 3 is 2.20 bits per heavy atom. The molecule has 0 aromatic rings. The average molecular weight is 139 g/mol. The Morgan fingerprint density at radius 1 is 1.60 bits per heavy atom. The van der Waals surface area contributed by atoms with E-state index in [-0.39, 0.29) is 5.84 Å². The number of hydrogen-bond acceptors (Lipinski definition) is 2. The van der Waals surface area contributed by atoms with Crippen molar-refractivity contribution in [1.29, 1.82) is 5.41 Å². The van der Waals surface area contributed by atoms with Crippen LogP contribution in [0.4, 0.5) is 0 Å². The van der Waals surface area contributed by atoms with Crippen LogP contribution in [0, 0.1) is 5.41 Å². The van der Waals surface area contributed by atoms with Gasteiger partial charge in [0.15, 0.2) is 0 Å². The van der Waals surface area contributed by atoms with Gasteiger partial charge in [0, 0.05) is 11.3 Å². The zero-order chi connectivity index (χ0) is 8.15. The number of amidine groups is 1. The van der Waals surface area contributed by atoms with E-state index >= 15 is 0 Å². The lowest BCUT2D eigenvalue weighted by molar-refractivity contribution is 1.17. The summed E-state index contributed by atoms with van der Waals surface area (Å²) in [6.07, 6.45) is 2.24. The van der Waals surface area contributed by atoms with Gasteiger partial charge in [-0.1, -0.05) is 6.08 Å². The van der Waals surface area contributed by atoms with Gasteiger partial charge in [0.05, 0.1) is 0 Å². The van der Waals surface area contributed by atoms with E-state index < -0.39 is 0 Å². The van der Waals surface area contributed by atoms with Crippen LogP contribution in [0.25, 0.3) is 0 Å². The molecule has 0 saturated heterocycles. The predicted octanol–water partition coefficient (Wildman–Crippen LogP) is 0.731. The molecule has 5 N–H and O–H groups in total. The molecule has 0 aliphatic rings. The van der Waals surface area contributed by atoms with Crippen LogP contribution in [0.3, 0.4) is 0 Å². The largest absolute Gasteiger partial charge is 0.402 e.